The Kier molecular flexibility index (Phi) is 7.40. The molecule has 0 bridgehead atoms. The first kappa shape index (κ1) is 25.9. The van der Waals surface area contributed by atoms with Crippen LogP contribution in [0.25, 0.3) is 22.3 Å². The Morgan fingerprint density at radius 2 is 1.45 bits per heavy atom. The fourth-order valence-electron chi connectivity index (χ4n) is 3.59. The van der Waals surface area contributed by atoms with Crippen molar-refractivity contribution in [2.75, 3.05) is 0 Å². The van der Waals surface area contributed by atoms with E-state index >= 15 is 0 Å². The number of benzene rings is 3. The third kappa shape index (κ3) is 5.63. The van der Waals surface area contributed by atoms with Gasteiger partial charge in [0.15, 0.2) is 0 Å². The number of ether oxygens (including phenoxy) is 1. The molecule has 8 heteroatoms. The highest BCUT2D eigenvalue weighted by Crippen LogP contribution is 2.36. The van der Waals surface area contributed by atoms with E-state index in [1.54, 1.807) is 20.8 Å². The SMILES string of the molecule is CC(C)(C)C(=O)Oc1ccc(C(=O)NNC(=O)c2occ(-c3ccccc3)c2-c2ccccc2)cc1C#N. The molecule has 8 nitrogen and oxygen atoms in total. The molecule has 0 fully saturated rings. The molecular formula is C30H25N3O5. The van der Waals surface area contributed by atoms with Crippen LogP contribution in [0, 0.1) is 16.7 Å². The minimum absolute atomic E-state index is 0.00600. The van der Waals surface area contributed by atoms with Gasteiger partial charge in [-0.15, -0.1) is 0 Å². The van der Waals surface area contributed by atoms with Crippen molar-refractivity contribution in [2.24, 2.45) is 5.41 Å². The summed E-state index contributed by atoms with van der Waals surface area (Å²) in [5, 5.41) is 9.49. The summed E-state index contributed by atoms with van der Waals surface area (Å²) < 4.78 is 11.0. The Hall–Kier alpha value is -5.16. The van der Waals surface area contributed by atoms with Gasteiger partial charge in [0.05, 0.1) is 17.2 Å². The van der Waals surface area contributed by atoms with E-state index in [1.807, 2.05) is 66.7 Å². The molecule has 0 saturated heterocycles. The minimum Gasteiger partial charge on any atom is -0.458 e. The van der Waals surface area contributed by atoms with Crippen molar-refractivity contribution >= 4 is 17.8 Å². The largest absolute Gasteiger partial charge is 0.458 e. The van der Waals surface area contributed by atoms with Crippen LogP contribution >= 0.6 is 0 Å². The molecule has 0 aliphatic carbocycles. The second kappa shape index (κ2) is 10.8. The maximum absolute atomic E-state index is 13.1. The predicted molar refractivity (Wildman–Crippen MR) is 141 cm³/mol. The van der Waals surface area contributed by atoms with Gasteiger partial charge in [-0.25, -0.2) is 0 Å². The van der Waals surface area contributed by atoms with Gasteiger partial charge in [0.2, 0.25) is 5.76 Å². The van der Waals surface area contributed by atoms with E-state index in [1.165, 1.54) is 24.5 Å². The lowest BCUT2D eigenvalue weighted by molar-refractivity contribution is -0.143. The van der Waals surface area contributed by atoms with Crippen LogP contribution < -0.4 is 15.6 Å². The molecule has 2 amide bonds. The van der Waals surface area contributed by atoms with Gasteiger partial charge in [0, 0.05) is 16.7 Å². The van der Waals surface area contributed by atoms with Gasteiger partial charge < -0.3 is 9.15 Å². The van der Waals surface area contributed by atoms with Crippen molar-refractivity contribution in [3.8, 4) is 34.1 Å². The Labute approximate surface area is 219 Å². The second-order valence-corrected chi connectivity index (χ2v) is 9.46. The van der Waals surface area contributed by atoms with Crippen molar-refractivity contribution < 1.29 is 23.5 Å². The number of hydrazine groups is 1. The first-order chi connectivity index (χ1) is 18.2. The Bertz CT molecular complexity index is 1530. The molecule has 0 atom stereocenters. The predicted octanol–water partition coefficient (Wildman–Crippen LogP) is 5.51. The summed E-state index contributed by atoms with van der Waals surface area (Å²) in [6.07, 6.45) is 1.51. The average Bonchev–Trinajstić information content (AvgIpc) is 3.37. The summed E-state index contributed by atoms with van der Waals surface area (Å²) in [6, 6.07) is 24.8. The number of nitrogens with one attached hydrogen (secondary N) is 2. The number of hydrogen-bond acceptors (Lipinski definition) is 6. The lowest BCUT2D eigenvalue weighted by Crippen LogP contribution is -2.41. The number of carbonyl (C=O) groups is 3. The minimum atomic E-state index is -0.766. The van der Waals surface area contributed by atoms with Crippen molar-refractivity contribution in [3.05, 3.63) is 102 Å². The highest BCUT2D eigenvalue weighted by molar-refractivity contribution is 6.04. The number of carbonyl (C=O) groups excluding carboxylic acids is 3. The summed E-state index contributed by atoms with van der Waals surface area (Å²) in [5.41, 5.74) is 7.01. The molecule has 1 aromatic heterocycles. The second-order valence-electron chi connectivity index (χ2n) is 9.46. The van der Waals surface area contributed by atoms with Gasteiger partial charge in [0.1, 0.15) is 11.8 Å². The van der Waals surface area contributed by atoms with Gasteiger partial charge in [-0.1, -0.05) is 60.7 Å². The fourth-order valence-corrected chi connectivity index (χ4v) is 3.59. The van der Waals surface area contributed by atoms with E-state index in [4.69, 9.17) is 9.15 Å². The highest BCUT2D eigenvalue weighted by Gasteiger charge is 2.26. The molecule has 0 unspecified atom stereocenters. The topological polar surface area (TPSA) is 121 Å². The summed E-state index contributed by atoms with van der Waals surface area (Å²) in [6.45, 7) is 5.07. The average molecular weight is 508 g/mol. The van der Waals surface area contributed by atoms with Crippen LogP contribution in [0.1, 0.15) is 47.2 Å². The molecule has 38 heavy (non-hydrogen) atoms. The summed E-state index contributed by atoms with van der Waals surface area (Å²) in [4.78, 5) is 38.0. The van der Waals surface area contributed by atoms with Crippen molar-refractivity contribution in [2.45, 2.75) is 20.8 Å². The maximum Gasteiger partial charge on any atom is 0.316 e. The number of hydrogen-bond donors (Lipinski definition) is 2. The Balaban J connectivity index is 1.54. The zero-order valence-corrected chi connectivity index (χ0v) is 21.1. The summed E-state index contributed by atoms with van der Waals surface area (Å²) >= 11 is 0. The maximum atomic E-state index is 13.1. The molecule has 0 aliphatic heterocycles. The third-order valence-electron chi connectivity index (χ3n) is 5.61. The Morgan fingerprint density at radius 1 is 0.842 bits per heavy atom. The van der Waals surface area contributed by atoms with Crippen LogP contribution in [0.4, 0.5) is 0 Å². The summed E-state index contributed by atoms with van der Waals surface area (Å²) in [7, 11) is 0. The van der Waals surface area contributed by atoms with Crippen LogP contribution in [-0.2, 0) is 4.79 Å². The molecule has 3 aromatic carbocycles. The van der Waals surface area contributed by atoms with Crippen molar-refractivity contribution in [1.29, 1.82) is 5.26 Å². The van der Waals surface area contributed by atoms with Gasteiger partial charge in [-0.3, -0.25) is 25.2 Å². The summed E-state index contributed by atoms with van der Waals surface area (Å²) in [5.74, 6) is -1.77. The zero-order valence-electron chi connectivity index (χ0n) is 21.1. The number of nitrogens with zero attached hydrogens (tertiary/aromatic N) is 1. The van der Waals surface area contributed by atoms with E-state index < -0.39 is 23.2 Å². The standard InChI is InChI=1S/C30H25N3O5/c1-30(2,3)29(36)38-24-15-14-21(16-22(24)17-31)27(34)32-33-28(35)26-25(20-12-8-5-9-13-20)23(18-37-26)19-10-6-4-7-11-19/h4-16,18H,1-3H3,(H,32,34)(H,33,35). The van der Waals surface area contributed by atoms with Crippen LogP contribution in [0.2, 0.25) is 0 Å². The smallest absolute Gasteiger partial charge is 0.316 e. The van der Waals surface area contributed by atoms with Gasteiger partial charge >= 0.3 is 11.9 Å². The number of rotatable bonds is 5. The van der Waals surface area contributed by atoms with E-state index in [-0.39, 0.29) is 22.6 Å². The van der Waals surface area contributed by atoms with Crippen LogP contribution in [-0.4, -0.2) is 17.8 Å². The molecule has 0 aliphatic rings. The molecule has 0 radical (unpaired) electrons. The molecule has 4 rings (SSSR count). The number of amides is 2. The number of nitriles is 1. The molecule has 190 valence electrons. The lowest BCUT2D eigenvalue weighted by Gasteiger charge is -2.17. The van der Waals surface area contributed by atoms with E-state index in [0.717, 1.165) is 16.7 Å². The van der Waals surface area contributed by atoms with E-state index in [9.17, 15) is 19.6 Å². The van der Waals surface area contributed by atoms with Crippen LogP contribution in [0.15, 0.2) is 89.5 Å². The first-order valence-electron chi connectivity index (χ1n) is 11.8. The van der Waals surface area contributed by atoms with Crippen LogP contribution in [0.5, 0.6) is 5.75 Å². The molecule has 0 saturated carbocycles. The highest BCUT2D eigenvalue weighted by atomic mass is 16.5. The fraction of sp³-hybridized carbons (Fsp3) is 0.133. The first-order valence-corrected chi connectivity index (χ1v) is 11.8. The molecule has 4 aromatic rings. The van der Waals surface area contributed by atoms with E-state index in [2.05, 4.69) is 10.9 Å². The molecule has 0 spiro atoms. The van der Waals surface area contributed by atoms with Gasteiger partial charge in [-0.05, 0) is 50.1 Å². The number of esters is 1. The van der Waals surface area contributed by atoms with Crippen LogP contribution in [0.3, 0.4) is 0 Å². The van der Waals surface area contributed by atoms with Crippen molar-refractivity contribution in [3.63, 3.8) is 0 Å². The zero-order chi connectivity index (χ0) is 27.3. The monoisotopic (exact) mass is 507 g/mol. The van der Waals surface area contributed by atoms with Crippen molar-refractivity contribution in [1.82, 2.24) is 10.9 Å². The quantitative estimate of drug-likeness (QED) is 0.209. The third-order valence-corrected chi connectivity index (χ3v) is 5.61. The van der Waals surface area contributed by atoms with E-state index in [0.29, 0.717) is 5.56 Å². The molecule has 1 heterocycles. The Morgan fingerprint density at radius 3 is 2.05 bits per heavy atom. The van der Waals surface area contributed by atoms with Gasteiger partial charge in [0.25, 0.3) is 5.91 Å². The molecule has 2 N–H and O–H groups in total. The number of furan rings is 1. The molecular weight excluding hydrogens is 482 g/mol. The van der Waals surface area contributed by atoms with Gasteiger partial charge in [-0.2, -0.15) is 5.26 Å². The normalized spacial score (nSPS) is 10.8. The lowest BCUT2D eigenvalue weighted by atomic mass is 9.96.